The van der Waals surface area contributed by atoms with Gasteiger partial charge in [-0.2, -0.15) is 0 Å². The molecule has 1 aliphatic heterocycles. The molecule has 1 saturated heterocycles. The maximum Gasteiger partial charge on any atom is 0.408 e. The van der Waals surface area contributed by atoms with E-state index in [1.54, 1.807) is 79.0 Å². The number of methoxy groups -OCH3 is 1. The van der Waals surface area contributed by atoms with Crippen LogP contribution in [-0.4, -0.2) is 97.0 Å². The van der Waals surface area contributed by atoms with E-state index in [0.29, 0.717) is 38.8 Å². The summed E-state index contributed by atoms with van der Waals surface area (Å²) in [5.74, 6) is -1.41. The van der Waals surface area contributed by atoms with Crippen LogP contribution < -0.4 is 20.1 Å². The highest BCUT2D eigenvalue weighted by atomic mass is 32.2. The largest absolute Gasteiger partial charge is 0.497 e. The SMILES string of the molecule is CCC[C@H](NC(=O)C1CC(Oc2cc(-c3ccccc3)nc3cc(OC)ccc23)CN1C(=O)[C@@H](NC(=O)OC(C)(C)C)C(C)C)C(=O)N(C)S(=O)(=O)c1ccccc1. The normalized spacial score (nSPS) is 16.7. The molecule has 5 rings (SSSR count). The number of likely N-dealkylation sites (N-methyl/N-ethyl adjacent to an activating group) is 1. The van der Waals surface area contributed by atoms with E-state index < -0.39 is 69.6 Å². The molecule has 4 amide bonds. The van der Waals surface area contributed by atoms with Gasteiger partial charge in [0.05, 0.1) is 29.8 Å². The van der Waals surface area contributed by atoms with Gasteiger partial charge in [-0.3, -0.25) is 14.4 Å². The number of sulfonamides is 1. The Hall–Kier alpha value is -5.70. The summed E-state index contributed by atoms with van der Waals surface area (Å²) in [6.45, 7) is 10.4. The summed E-state index contributed by atoms with van der Waals surface area (Å²) >= 11 is 0. The minimum atomic E-state index is -4.23. The number of amides is 4. The predicted octanol–water partition coefficient (Wildman–Crippen LogP) is 5.94. The fraction of sp³-hybridized carbons (Fsp3) is 0.419. The Balaban J connectivity index is 1.49. The number of alkyl carbamates (subject to hydrolysis) is 1. The lowest BCUT2D eigenvalue weighted by molar-refractivity contribution is -0.142. The van der Waals surface area contributed by atoms with Crippen LogP contribution in [0.25, 0.3) is 22.2 Å². The molecule has 2 heterocycles. The molecule has 2 N–H and O–H groups in total. The number of ether oxygens (including phenoxy) is 3. The Morgan fingerprint density at radius 3 is 2.21 bits per heavy atom. The predicted molar refractivity (Wildman–Crippen MR) is 219 cm³/mol. The number of hydrogen-bond acceptors (Lipinski definition) is 10. The molecule has 14 nitrogen and oxygen atoms in total. The van der Waals surface area contributed by atoms with Crippen LogP contribution in [0.3, 0.4) is 0 Å². The number of carbonyl (C=O) groups is 4. The number of nitrogens with zero attached hydrogens (tertiary/aromatic N) is 3. The molecule has 0 radical (unpaired) electrons. The van der Waals surface area contributed by atoms with E-state index in [1.165, 1.54) is 17.0 Å². The Bertz CT molecular complexity index is 2210. The first-order chi connectivity index (χ1) is 27.4. The van der Waals surface area contributed by atoms with Crippen molar-refractivity contribution in [2.45, 2.75) is 95.5 Å². The molecule has 3 aromatic carbocycles. The summed E-state index contributed by atoms with van der Waals surface area (Å²) in [5, 5.41) is 6.13. The first kappa shape index (κ1) is 43.4. The van der Waals surface area contributed by atoms with Crippen LogP contribution in [0.5, 0.6) is 11.5 Å². The summed E-state index contributed by atoms with van der Waals surface area (Å²) in [4.78, 5) is 61.8. The molecule has 0 bridgehead atoms. The first-order valence-corrected chi connectivity index (χ1v) is 20.8. The lowest BCUT2D eigenvalue weighted by atomic mass is 10.0. The molecule has 1 fully saturated rings. The van der Waals surface area contributed by atoms with Crippen molar-refractivity contribution in [1.82, 2.24) is 24.8 Å². The standard InChI is InChI=1S/C43H53N5O9S/c1-9-16-33(40(50)47(7)58(53,54)31-19-14-11-15-20-31)45-39(49)36-24-30(26-48(36)41(51)38(27(2)3)46-42(52)57-43(4,5)6)56-37-25-34(28-17-12-10-13-18-28)44-35-23-29(55-8)21-22-32(35)37/h10-15,17-23,25,27,30,33,36,38H,9,16,24,26H2,1-8H3,(H,45,49)(H,46,52)/t30?,33-,36?,38-/m0/s1. The maximum absolute atomic E-state index is 14.5. The van der Waals surface area contributed by atoms with Crippen LogP contribution in [0.1, 0.15) is 60.8 Å². The highest BCUT2D eigenvalue weighted by molar-refractivity contribution is 7.89. The van der Waals surface area contributed by atoms with Crippen molar-refractivity contribution >= 4 is 44.7 Å². The van der Waals surface area contributed by atoms with E-state index >= 15 is 0 Å². The first-order valence-electron chi connectivity index (χ1n) is 19.3. The van der Waals surface area contributed by atoms with Crippen LogP contribution in [0.15, 0.2) is 89.8 Å². The van der Waals surface area contributed by atoms with Gasteiger partial charge in [0, 0.05) is 36.6 Å². The number of benzene rings is 3. The maximum atomic E-state index is 14.5. The molecule has 310 valence electrons. The van der Waals surface area contributed by atoms with Gasteiger partial charge in [0.15, 0.2) is 0 Å². The average Bonchev–Trinajstić information content (AvgIpc) is 3.62. The number of aromatic nitrogens is 1. The van der Waals surface area contributed by atoms with E-state index in [1.807, 2.05) is 42.5 Å². The van der Waals surface area contributed by atoms with E-state index in [0.717, 1.165) is 12.6 Å². The molecule has 0 spiro atoms. The molecular formula is C43H53N5O9S. The molecule has 15 heteroatoms. The summed E-state index contributed by atoms with van der Waals surface area (Å²) in [5.41, 5.74) is 1.25. The average molecular weight is 816 g/mol. The number of fused-ring (bicyclic) bond motifs is 1. The summed E-state index contributed by atoms with van der Waals surface area (Å²) in [6.07, 6.45) is -0.944. The molecule has 0 aliphatic carbocycles. The lowest BCUT2D eigenvalue weighted by Crippen LogP contribution is -2.57. The van der Waals surface area contributed by atoms with Crippen molar-refractivity contribution in [2.75, 3.05) is 20.7 Å². The number of carbonyl (C=O) groups excluding carboxylic acids is 4. The fourth-order valence-electron chi connectivity index (χ4n) is 6.74. The van der Waals surface area contributed by atoms with E-state index in [4.69, 9.17) is 19.2 Å². The Morgan fingerprint density at radius 1 is 0.948 bits per heavy atom. The Labute approximate surface area is 340 Å². The van der Waals surface area contributed by atoms with Gasteiger partial charge in [-0.1, -0.05) is 75.7 Å². The lowest BCUT2D eigenvalue weighted by Gasteiger charge is -2.32. The number of hydrogen-bond donors (Lipinski definition) is 2. The number of pyridine rings is 1. The number of nitrogens with one attached hydrogen (secondary N) is 2. The van der Waals surface area contributed by atoms with Crippen molar-refractivity contribution in [3.05, 3.63) is 84.9 Å². The zero-order chi connectivity index (χ0) is 42.4. The van der Waals surface area contributed by atoms with Gasteiger partial charge in [-0.25, -0.2) is 22.5 Å². The van der Waals surface area contributed by atoms with Gasteiger partial charge < -0.3 is 29.7 Å². The van der Waals surface area contributed by atoms with Crippen LogP contribution in [-0.2, 0) is 29.1 Å². The fourth-order valence-corrected chi connectivity index (χ4v) is 7.92. The Kier molecular flexibility index (Phi) is 13.7. The molecule has 4 aromatic rings. The van der Waals surface area contributed by atoms with E-state index in [-0.39, 0.29) is 24.3 Å². The van der Waals surface area contributed by atoms with Crippen molar-refractivity contribution in [2.24, 2.45) is 5.92 Å². The minimum absolute atomic E-state index is 0.0145. The van der Waals surface area contributed by atoms with Crippen molar-refractivity contribution in [3.63, 3.8) is 0 Å². The zero-order valence-corrected chi connectivity index (χ0v) is 35.0. The monoisotopic (exact) mass is 815 g/mol. The number of likely N-dealkylation sites (tertiary alicyclic amines) is 1. The van der Waals surface area contributed by atoms with Gasteiger partial charge in [0.2, 0.25) is 11.8 Å². The van der Waals surface area contributed by atoms with Gasteiger partial charge in [-0.05, 0) is 57.4 Å². The summed E-state index contributed by atoms with van der Waals surface area (Å²) in [7, 11) is -1.51. The second-order valence-corrected chi connectivity index (χ2v) is 17.5. The summed E-state index contributed by atoms with van der Waals surface area (Å²) in [6, 6.07) is 20.8. The smallest absolute Gasteiger partial charge is 0.408 e. The van der Waals surface area contributed by atoms with Crippen LogP contribution in [0.4, 0.5) is 4.79 Å². The van der Waals surface area contributed by atoms with Crippen LogP contribution >= 0.6 is 0 Å². The van der Waals surface area contributed by atoms with Crippen molar-refractivity contribution in [3.8, 4) is 22.8 Å². The van der Waals surface area contributed by atoms with Crippen molar-refractivity contribution in [1.29, 1.82) is 0 Å². The van der Waals surface area contributed by atoms with Crippen LogP contribution in [0, 0.1) is 5.92 Å². The highest BCUT2D eigenvalue weighted by Gasteiger charge is 2.45. The molecule has 4 atom stereocenters. The molecule has 1 aromatic heterocycles. The topological polar surface area (TPSA) is 174 Å². The molecule has 1 aliphatic rings. The van der Waals surface area contributed by atoms with E-state index in [2.05, 4.69) is 10.6 Å². The highest BCUT2D eigenvalue weighted by Crippen LogP contribution is 2.35. The number of rotatable bonds is 14. The quantitative estimate of drug-likeness (QED) is 0.155. The van der Waals surface area contributed by atoms with Gasteiger partial charge in [0.1, 0.15) is 41.3 Å². The third-order valence-electron chi connectivity index (χ3n) is 9.70. The summed E-state index contributed by atoms with van der Waals surface area (Å²) < 4.78 is 45.1. The van der Waals surface area contributed by atoms with Crippen LogP contribution in [0.2, 0.25) is 0 Å². The van der Waals surface area contributed by atoms with Gasteiger partial charge in [-0.15, -0.1) is 0 Å². The molecule has 2 unspecified atom stereocenters. The Morgan fingerprint density at radius 2 is 1.60 bits per heavy atom. The van der Waals surface area contributed by atoms with Gasteiger partial charge >= 0.3 is 6.09 Å². The zero-order valence-electron chi connectivity index (χ0n) is 34.2. The van der Waals surface area contributed by atoms with Crippen molar-refractivity contribution < 1.29 is 41.8 Å². The molecular weight excluding hydrogens is 763 g/mol. The second-order valence-electron chi connectivity index (χ2n) is 15.6. The van der Waals surface area contributed by atoms with Gasteiger partial charge in [0.25, 0.3) is 15.9 Å². The third-order valence-corrected chi connectivity index (χ3v) is 11.5. The molecule has 0 saturated carbocycles. The van der Waals surface area contributed by atoms with E-state index in [9.17, 15) is 27.6 Å². The minimum Gasteiger partial charge on any atom is -0.497 e. The second kappa shape index (κ2) is 18.3. The third kappa shape index (κ3) is 10.2. The molecule has 58 heavy (non-hydrogen) atoms.